The Kier molecular flexibility index (Phi) is 4.64. The van der Waals surface area contributed by atoms with Gasteiger partial charge >= 0.3 is 0 Å². The predicted molar refractivity (Wildman–Crippen MR) is 68.0 cm³/mol. The van der Waals surface area contributed by atoms with Crippen molar-refractivity contribution in [3.05, 3.63) is 0 Å². The van der Waals surface area contributed by atoms with E-state index in [0.29, 0.717) is 5.41 Å². The van der Waals surface area contributed by atoms with Gasteiger partial charge in [-0.1, -0.05) is 41.0 Å². The molecule has 1 aliphatic heterocycles. The van der Waals surface area contributed by atoms with Gasteiger partial charge in [0.05, 0.1) is 0 Å². The maximum Gasteiger partial charge on any atom is 0.00982 e. The lowest BCUT2D eigenvalue weighted by Crippen LogP contribution is -2.29. The minimum absolute atomic E-state index is 0.486. The van der Waals surface area contributed by atoms with Gasteiger partial charge in [-0.2, -0.15) is 0 Å². The van der Waals surface area contributed by atoms with E-state index in [-0.39, 0.29) is 0 Å². The minimum atomic E-state index is 0.486. The number of rotatable bonds is 4. The molecule has 0 saturated carbocycles. The summed E-state index contributed by atoms with van der Waals surface area (Å²) in [6.45, 7) is 13.0. The standard InChI is InChI=1S/C14H29N/c1-6-12-7-8-15-13(12)9-11(2)10-14(3,4)5/h11-13,15H,6-10H2,1-5H3/t11-,12+,13+/m0/s1. The highest BCUT2D eigenvalue weighted by Crippen LogP contribution is 2.30. The van der Waals surface area contributed by atoms with Crippen LogP contribution in [0.15, 0.2) is 0 Å². The van der Waals surface area contributed by atoms with Gasteiger partial charge in [0.2, 0.25) is 0 Å². The molecule has 0 bridgehead atoms. The predicted octanol–water partition coefficient (Wildman–Crippen LogP) is 3.84. The highest BCUT2D eigenvalue weighted by Gasteiger charge is 2.27. The summed E-state index contributed by atoms with van der Waals surface area (Å²) < 4.78 is 0. The van der Waals surface area contributed by atoms with Gasteiger partial charge in [-0.3, -0.25) is 0 Å². The Hall–Kier alpha value is -0.0400. The highest BCUT2D eigenvalue weighted by atomic mass is 14.9. The van der Waals surface area contributed by atoms with Gasteiger partial charge in [-0.25, -0.2) is 0 Å². The molecule has 1 nitrogen and oxygen atoms in total. The normalized spacial score (nSPS) is 29.4. The first-order chi connectivity index (χ1) is 6.92. The molecule has 15 heavy (non-hydrogen) atoms. The minimum Gasteiger partial charge on any atom is -0.314 e. The van der Waals surface area contributed by atoms with E-state index in [1.807, 2.05) is 0 Å². The fraction of sp³-hybridized carbons (Fsp3) is 1.00. The molecule has 0 spiro atoms. The summed E-state index contributed by atoms with van der Waals surface area (Å²) in [4.78, 5) is 0. The number of nitrogens with one attached hydrogen (secondary N) is 1. The molecule has 0 amide bonds. The Labute approximate surface area is 96.0 Å². The summed E-state index contributed by atoms with van der Waals surface area (Å²) in [5.74, 6) is 1.79. The average molecular weight is 211 g/mol. The van der Waals surface area contributed by atoms with Crippen molar-refractivity contribution in [1.29, 1.82) is 0 Å². The zero-order valence-electron chi connectivity index (χ0n) is 11.3. The summed E-state index contributed by atoms with van der Waals surface area (Å²) in [5.41, 5.74) is 0.486. The maximum atomic E-state index is 3.67. The van der Waals surface area contributed by atoms with Crippen LogP contribution in [0.25, 0.3) is 0 Å². The van der Waals surface area contributed by atoms with E-state index >= 15 is 0 Å². The van der Waals surface area contributed by atoms with Crippen molar-refractivity contribution in [1.82, 2.24) is 5.32 Å². The second-order valence-corrected chi connectivity index (χ2v) is 6.62. The van der Waals surface area contributed by atoms with Crippen LogP contribution in [0.1, 0.15) is 60.3 Å². The molecule has 1 N–H and O–H groups in total. The van der Waals surface area contributed by atoms with E-state index in [9.17, 15) is 0 Å². The lowest BCUT2D eigenvalue weighted by Gasteiger charge is -2.27. The molecule has 0 unspecified atom stereocenters. The fourth-order valence-corrected chi connectivity index (χ4v) is 3.15. The van der Waals surface area contributed by atoms with Crippen LogP contribution in [0.5, 0.6) is 0 Å². The van der Waals surface area contributed by atoms with E-state index in [4.69, 9.17) is 0 Å². The molecule has 0 radical (unpaired) electrons. The Morgan fingerprint density at radius 2 is 2.00 bits per heavy atom. The third kappa shape index (κ3) is 4.55. The van der Waals surface area contributed by atoms with Crippen molar-refractivity contribution in [3.8, 4) is 0 Å². The van der Waals surface area contributed by atoms with Gasteiger partial charge in [-0.05, 0) is 43.1 Å². The van der Waals surface area contributed by atoms with E-state index < -0.39 is 0 Å². The molecule has 1 rings (SSSR count). The maximum absolute atomic E-state index is 3.67. The molecule has 0 aromatic carbocycles. The van der Waals surface area contributed by atoms with Crippen molar-refractivity contribution >= 4 is 0 Å². The zero-order chi connectivity index (χ0) is 11.5. The van der Waals surface area contributed by atoms with Crippen LogP contribution in [0.2, 0.25) is 0 Å². The Bertz CT molecular complexity index is 180. The molecular weight excluding hydrogens is 182 g/mol. The molecule has 1 aliphatic rings. The van der Waals surface area contributed by atoms with Crippen molar-refractivity contribution in [3.63, 3.8) is 0 Å². The lowest BCUT2D eigenvalue weighted by atomic mass is 9.81. The second kappa shape index (κ2) is 5.34. The first-order valence-corrected chi connectivity index (χ1v) is 6.65. The van der Waals surface area contributed by atoms with Crippen molar-refractivity contribution in [2.45, 2.75) is 66.3 Å². The lowest BCUT2D eigenvalue weighted by molar-refractivity contribution is 0.263. The Balaban J connectivity index is 2.34. The molecule has 0 aromatic rings. The SMILES string of the molecule is CC[C@@H]1CCN[C@@H]1C[C@H](C)CC(C)(C)C. The largest absolute Gasteiger partial charge is 0.314 e. The third-order valence-corrected chi connectivity index (χ3v) is 3.63. The van der Waals surface area contributed by atoms with E-state index in [2.05, 4.69) is 39.9 Å². The van der Waals surface area contributed by atoms with Crippen LogP contribution >= 0.6 is 0 Å². The van der Waals surface area contributed by atoms with E-state index in [0.717, 1.165) is 17.9 Å². The van der Waals surface area contributed by atoms with Gasteiger partial charge < -0.3 is 5.32 Å². The molecule has 3 atom stereocenters. The van der Waals surface area contributed by atoms with Gasteiger partial charge in [0, 0.05) is 6.04 Å². The number of hydrogen-bond donors (Lipinski definition) is 1. The molecule has 0 aliphatic carbocycles. The van der Waals surface area contributed by atoms with Gasteiger partial charge in [0.25, 0.3) is 0 Å². The van der Waals surface area contributed by atoms with Crippen molar-refractivity contribution in [2.24, 2.45) is 17.3 Å². The van der Waals surface area contributed by atoms with Crippen LogP contribution in [0.3, 0.4) is 0 Å². The fourth-order valence-electron chi connectivity index (χ4n) is 3.15. The summed E-state index contributed by atoms with van der Waals surface area (Å²) in [6, 6.07) is 0.798. The van der Waals surface area contributed by atoms with Gasteiger partial charge in [-0.15, -0.1) is 0 Å². The van der Waals surface area contributed by atoms with Crippen LogP contribution in [0.4, 0.5) is 0 Å². The van der Waals surface area contributed by atoms with Gasteiger partial charge in [0.1, 0.15) is 0 Å². The Morgan fingerprint density at radius 1 is 1.33 bits per heavy atom. The second-order valence-electron chi connectivity index (χ2n) is 6.62. The molecule has 1 heterocycles. The summed E-state index contributed by atoms with van der Waals surface area (Å²) in [7, 11) is 0. The first kappa shape index (κ1) is 13.0. The summed E-state index contributed by atoms with van der Waals surface area (Å²) >= 11 is 0. The molecule has 1 fully saturated rings. The van der Waals surface area contributed by atoms with E-state index in [1.165, 1.54) is 32.2 Å². The number of hydrogen-bond acceptors (Lipinski definition) is 1. The summed E-state index contributed by atoms with van der Waals surface area (Å²) in [5, 5.41) is 3.67. The van der Waals surface area contributed by atoms with Crippen LogP contribution in [-0.2, 0) is 0 Å². The quantitative estimate of drug-likeness (QED) is 0.745. The highest BCUT2D eigenvalue weighted by molar-refractivity contribution is 4.84. The first-order valence-electron chi connectivity index (χ1n) is 6.65. The topological polar surface area (TPSA) is 12.0 Å². The van der Waals surface area contributed by atoms with Gasteiger partial charge in [0.15, 0.2) is 0 Å². The molecule has 90 valence electrons. The molecule has 1 heteroatoms. The molecule has 0 aromatic heterocycles. The zero-order valence-corrected chi connectivity index (χ0v) is 11.3. The third-order valence-electron chi connectivity index (χ3n) is 3.63. The summed E-state index contributed by atoms with van der Waals surface area (Å²) in [6.07, 6.45) is 5.46. The molecule has 1 saturated heterocycles. The average Bonchev–Trinajstić information content (AvgIpc) is 2.48. The van der Waals surface area contributed by atoms with Crippen molar-refractivity contribution < 1.29 is 0 Å². The van der Waals surface area contributed by atoms with Crippen LogP contribution in [0, 0.1) is 17.3 Å². The van der Waals surface area contributed by atoms with Crippen LogP contribution in [-0.4, -0.2) is 12.6 Å². The monoisotopic (exact) mass is 211 g/mol. The Morgan fingerprint density at radius 3 is 2.53 bits per heavy atom. The van der Waals surface area contributed by atoms with E-state index in [1.54, 1.807) is 0 Å². The van der Waals surface area contributed by atoms with Crippen molar-refractivity contribution in [2.75, 3.05) is 6.54 Å². The molecular formula is C14H29N. The van der Waals surface area contributed by atoms with Crippen LogP contribution < -0.4 is 5.32 Å². The smallest absolute Gasteiger partial charge is 0.00982 e.